The molecule has 0 aliphatic carbocycles. The first kappa shape index (κ1) is 21.0. The van der Waals surface area contributed by atoms with Gasteiger partial charge in [0.2, 0.25) is 5.91 Å². The Hall–Kier alpha value is -2.73. The smallest absolute Gasteiger partial charge is 0.223 e. The molecule has 0 saturated heterocycles. The molecule has 3 heterocycles. The number of amides is 1. The third kappa shape index (κ3) is 5.64. The molecular weight excluding hydrogens is 388 g/mol. The van der Waals surface area contributed by atoms with Crippen molar-refractivity contribution in [2.24, 2.45) is 11.8 Å². The number of nitrogens with one attached hydrogen (secondary N) is 1. The summed E-state index contributed by atoms with van der Waals surface area (Å²) in [5.41, 5.74) is 2.02. The van der Waals surface area contributed by atoms with Gasteiger partial charge in [0.05, 0.1) is 29.2 Å². The van der Waals surface area contributed by atoms with E-state index in [9.17, 15) is 4.79 Å². The van der Waals surface area contributed by atoms with Crippen LogP contribution in [-0.4, -0.2) is 20.9 Å². The Labute approximate surface area is 175 Å². The Morgan fingerprint density at radius 2 is 2.03 bits per heavy atom. The second-order valence-corrected chi connectivity index (χ2v) is 7.81. The van der Waals surface area contributed by atoms with E-state index < -0.39 is 0 Å². The highest BCUT2D eigenvalue weighted by atomic mass is 35.5. The summed E-state index contributed by atoms with van der Waals surface area (Å²) >= 11 is 6.50. The molecule has 0 saturated carbocycles. The number of aromatic nitrogens is 3. The van der Waals surface area contributed by atoms with Crippen molar-refractivity contribution < 1.29 is 9.21 Å². The van der Waals surface area contributed by atoms with Crippen LogP contribution in [0.2, 0.25) is 5.02 Å². The molecule has 7 heteroatoms. The first-order valence-electron chi connectivity index (χ1n) is 9.68. The van der Waals surface area contributed by atoms with Gasteiger partial charge in [0.15, 0.2) is 5.82 Å². The van der Waals surface area contributed by atoms with Crippen LogP contribution in [0.3, 0.4) is 0 Å². The van der Waals surface area contributed by atoms with E-state index in [1.54, 1.807) is 18.5 Å². The SMILES string of the molecule is Cc1nc(-c2ccccn2)nc(CC(CC(C)C)C(=O)NCc2ccco2)c1Cl. The van der Waals surface area contributed by atoms with Crippen LogP contribution < -0.4 is 5.32 Å². The maximum Gasteiger partial charge on any atom is 0.223 e. The van der Waals surface area contributed by atoms with Crippen molar-refractivity contribution in [1.29, 1.82) is 0 Å². The largest absolute Gasteiger partial charge is 0.467 e. The van der Waals surface area contributed by atoms with Crippen molar-refractivity contribution >= 4 is 17.5 Å². The number of nitrogens with zero attached hydrogens (tertiary/aromatic N) is 3. The summed E-state index contributed by atoms with van der Waals surface area (Å²) in [7, 11) is 0. The molecule has 0 aromatic carbocycles. The number of hydrogen-bond donors (Lipinski definition) is 1. The van der Waals surface area contributed by atoms with Gasteiger partial charge in [-0.05, 0) is 43.5 Å². The quantitative estimate of drug-likeness (QED) is 0.584. The van der Waals surface area contributed by atoms with E-state index in [0.29, 0.717) is 46.8 Å². The van der Waals surface area contributed by atoms with Crippen molar-refractivity contribution in [2.75, 3.05) is 0 Å². The van der Waals surface area contributed by atoms with Gasteiger partial charge in [0.25, 0.3) is 0 Å². The molecule has 1 amide bonds. The van der Waals surface area contributed by atoms with Crippen molar-refractivity contribution in [2.45, 2.75) is 40.2 Å². The molecule has 0 bridgehead atoms. The minimum absolute atomic E-state index is 0.0400. The van der Waals surface area contributed by atoms with E-state index >= 15 is 0 Å². The number of carbonyl (C=O) groups excluding carboxylic acids is 1. The summed E-state index contributed by atoms with van der Waals surface area (Å²) in [5, 5.41) is 3.46. The van der Waals surface area contributed by atoms with Gasteiger partial charge in [0, 0.05) is 18.5 Å². The third-order valence-corrected chi connectivity index (χ3v) is 5.05. The zero-order valence-corrected chi connectivity index (χ0v) is 17.6. The maximum absolute atomic E-state index is 12.9. The van der Waals surface area contributed by atoms with Gasteiger partial charge >= 0.3 is 0 Å². The molecule has 0 aliphatic heterocycles. The van der Waals surface area contributed by atoms with Gasteiger partial charge in [-0.15, -0.1) is 0 Å². The molecule has 1 atom stereocenters. The number of carbonyl (C=O) groups is 1. The Morgan fingerprint density at radius 1 is 1.21 bits per heavy atom. The topological polar surface area (TPSA) is 80.9 Å². The van der Waals surface area contributed by atoms with E-state index in [1.807, 2.05) is 31.2 Å². The molecule has 0 fully saturated rings. The van der Waals surface area contributed by atoms with Crippen molar-refractivity contribution in [3.63, 3.8) is 0 Å². The number of rotatable bonds is 8. The van der Waals surface area contributed by atoms with Crippen LogP contribution >= 0.6 is 11.6 Å². The molecule has 152 valence electrons. The second kappa shape index (κ2) is 9.65. The van der Waals surface area contributed by atoms with E-state index in [1.165, 1.54) is 0 Å². The lowest BCUT2D eigenvalue weighted by Crippen LogP contribution is -2.32. The van der Waals surface area contributed by atoms with Gasteiger partial charge in [-0.1, -0.05) is 31.5 Å². The fourth-order valence-electron chi connectivity index (χ4n) is 3.18. The van der Waals surface area contributed by atoms with Gasteiger partial charge in [0.1, 0.15) is 11.5 Å². The monoisotopic (exact) mass is 412 g/mol. The van der Waals surface area contributed by atoms with E-state index in [-0.39, 0.29) is 11.8 Å². The highest BCUT2D eigenvalue weighted by Gasteiger charge is 2.24. The maximum atomic E-state index is 12.9. The van der Waals surface area contributed by atoms with Crippen LogP contribution in [0.15, 0.2) is 47.2 Å². The van der Waals surface area contributed by atoms with Crippen LogP contribution in [0.5, 0.6) is 0 Å². The summed E-state index contributed by atoms with van der Waals surface area (Å²) in [4.78, 5) is 26.3. The molecule has 29 heavy (non-hydrogen) atoms. The fraction of sp³-hybridized carbons (Fsp3) is 0.364. The Balaban J connectivity index is 1.82. The number of halogens is 1. The normalized spacial score (nSPS) is 12.2. The van der Waals surface area contributed by atoms with Crippen LogP contribution in [0.25, 0.3) is 11.5 Å². The number of pyridine rings is 1. The molecule has 0 spiro atoms. The average Bonchev–Trinajstić information content (AvgIpc) is 3.22. The summed E-state index contributed by atoms with van der Waals surface area (Å²) < 4.78 is 5.30. The van der Waals surface area contributed by atoms with Crippen LogP contribution in [-0.2, 0) is 17.8 Å². The zero-order valence-electron chi connectivity index (χ0n) is 16.9. The molecule has 3 rings (SSSR count). The molecule has 3 aromatic rings. The molecule has 3 aromatic heterocycles. The highest BCUT2D eigenvalue weighted by Crippen LogP contribution is 2.26. The average molecular weight is 413 g/mol. The first-order valence-corrected chi connectivity index (χ1v) is 10.1. The predicted octanol–water partition coefficient (Wildman–Crippen LogP) is 4.61. The van der Waals surface area contributed by atoms with E-state index in [2.05, 4.69) is 34.1 Å². The van der Waals surface area contributed by atoms with Gasteiger partial charge in [-0.2, -0.15) is 0 Å². The Morgan fingerprint density at radius 3 is 2.69 bits per heavy atom. The lowest BCUT2D eigenvalue weighted by atomic mass is 9.91. The lowest BCUT2D eigenvalue weighted by Gasteiger charge is -2.19. The predicted molar refractivity (Wildman–Crippen MR) is 112 cm³/mol. The van der Waals surface area contributed by atoms with Gasteiger partial charge < -0.3 is 9.73 Å². The Kier molecular flexibility index (Phi) is 6.99. The molecule has 1 N–H and O–H groups in total. The fourth-order valence-corrected chi connectivity index (χ4v) is 3.34. The standard InChI is InChI=1S/C22H25ClN4O2/c1-14(2)11-16(22(28)25-13-17-7-6-10-29-17)12-19-20(23)15(3)26-21(27-19)18-8-4-5-9-24-18/h4-10,14,16H,11-13H2,1-3H3,(H,25,28). The van der Waals surface area contributed by atoms with Crippen molar-refractivity contribution in [3.8, 4) is 11.5 Å². The summed E-state index contributed by atoms with van der Waals surface area (Å²) in [6.07, 6.45) is 4.45. The van der Waals surface area contributed by atoms with E-state index in [0.717, 1.165) is 12.2 Å². The number of aryl methyl sites for hydroxylation is 1. The van der Waals surface area contributed by atoms with Crippen molar-refractivity contribution in [3.05, 3.63) is 65.0 Å². The number of hydrogen-bond acceptors (Lipinski definition) is 5. The number of furan rings is 1. The lowest BCUT2D eigenvalue weighted by molar-refractivity contribution is -0.125. The van der Waals surface area contributed by atoms with Crippen LogP contribution in [0.1, 0.15) is 37.4 Å². The highest BCUT2D eigenvalue weighted by molar-refractivity contribution is 6.31. The minimum Gasteiger partial charge on any atom is -0.467 e. The summed E-state index contributed by atoms with van der Waals surface area (Å²) in [6, 6.07) is 9.22. The molecule has 0 radical (unpaired) electrons. The van der Waals surface area contributed by atoms with E-state index in [4.69, 9.17) is 16.0 Å². The summed E-state index contributed by atoms with van der Waals surface area (Å²) in [6.45, 7) is 6.39. The van der Waals surface area contributed by atoms with Gasteiger partial charge in [-0.3, -0.25) is 9.78 Å². The molecule has 1 unspecified atom stereocenters. The summed E-state index contributed by atoms with van der Waals surface area (Å²) in [5.74, 6) is 1.29. The molecule has 6 nitrogen and oxygen atoms in total. The van der Waals surface area contributed by atoms with Crippen LogP contribution in [0.4, 0.5) is 0 Å². The first-order chi connectivity index (χ1) is 13.9. The minimum atomic E-state index is -0.256. The molecule has 0 aliphatic rings. The second-order valence-electron chi connectivity index (χ2n) is 7.44. The third-order valence-electron chi connectivity index (χ3n) is 4.56. The van der Waals surface area contributed by atoms with Crippen LogP contribution in [0, 0.1) is 18.8 Å². The zero-order chi connectivity index (χ0) is 20.8. The molecular formula is C22H25ClN4O2. The Bertz CT molecular complexity index is 943. The van der Waals surface area contributed by atoms with Gasteiger partial charge in [-0.25, -0.2) is 9.97 Å². The van der Waals surface area contributed by atoms with Crippen molar-refractivity contribution in [1.82, 2.24) is 20.3 Å².